The first-order valence-corrected chi connectivity index (χ1v) is 23.6. The van der Waals surface area contributed by atoms with E-state index in [1.807, 2.05) is 45.4 Å². The number of carbonyl (C=O) groups excluding carboxylic acids is 2. The molecule has 0 spiro atoms. The number of rotatable bonds is 12. The van der Waals surface area contributed by atoms with E-state index in [1.54, 1.807) is 36.4 Å². The largest absolute Gasteiger partial charge is 0.469 e. The molecular weight excluding hydrogens is 842 g/mol. The van der Waals surface area contributed by atoms with Gasteiger partial charge in [-0.1, -0.05) is 72.8 Å². The molecule has 0 aromatic heterocycles. The van der Waals surface area contributed by atoms with Crippen LogP contribution in [0.2, 0.25) is 0 Å². The molecule has 9 rings (SSSR count). The van der Waals surface area contributed by atoms with Gasteiger partial charge in [0.25, 0.3) is 0 Å². The number of nitrogens with zero attached hydrogens (tertiary/aromatic N) is 5. The van der Waals surface area contributed by atoms with Crippen LogP contribution >= 0.6 is 0 Å². The van der Waals surface area contributed by atoms with Crippen LogP contribution in [-0.4, -0.2) is 107 Å². The van der Waals surface area contributed by atoms with Crippen molar-refractivity contribution in [3.8, 4) is 6.07 Å². The number of halogens is 1. The molecule has 0 saturated carbocycles. The third kappa shape index (κ3) is 11.6. The number of benzene rings is 5. The van der Waals surface area contributed by atoms with Crippen LogP contribution in [0.15, 0.2) is 121 Å². The molecule has 5 aromatic carbocycles. The van der Waals surface area contributed by atoms with Gasteiger partial charge in [0, 0.05) is 36.4 Å². The van der Waals surface area contributed by atoms with E-state index in [9.17, 15) is 14.0 Å². The van der Waals surface area contributed by atoms with Crippen molar-refractivity contribution in [1.82, 2.24) is 14.7 Å². The summed E-state index contributed by atoms with van der Waals surface area (Å²) in [7, 11) is 11.8. The van der Waals surface area contributed by atoms with Gasteiger partial charge in [0.2, 0.25) is 0 Å². The Morgan fingerprint density at radius 1 is 0.806 bits per heavy atom. The number of nitriles is 1. The topological polar surface area (TPSA) is 98.6 Å². The number of ether oxygens (including phenoxy) is 3. The number of aryl methyl sites for hydroxylation is 2. The average molecular weight is 908 g/mol. The summed E-state index contributed by atoms with van der Waals surface area (Å²) >= 11 is 0. The molecule has 5 aromatic rings. The van der Waals surface area contributed by atoms with Crippen LogP contribution in [-0.2, 0) is 44.1 Å². The van der Waals surface area contributed by atoms with Crippen LogP contribution in [0.3, 0.4) is 0 Å². The van der Waals surface area contributed by atoms with Crippen molar-refractivity contribution in [2.75, 3.05) is 66.9 Å². The number of methoxy groups -OCH3 is 1. The van der Waals surface area contributed by atoms with Gasteiger partial charge in [0.15, 0.2) is 0 Å². The first kappa shape index (κ1) is 49.0. The molecule has 0 amide bonds. The molecule has 2 saturated heterocycles. The molecule has 4 aliphatic rings. The lowest BCUT2D eigenvalue weighted by Gasteiger charge is -2.40. The van der Waals surface area contributed by atoms with E-state index < -0.39 is 17.6 Å². The Morgan fingerprint density at radius 3 is 2.06 bits per heavy atom. The van der Waals surface area contributed by atoms with Crippen LogP contribution in [0.25, 0.3) is 0 Å². The van der Waals surface area contributed by atoms with Crippen LogP contribution in [0.1, 0.15) is 82.3 Å². The van der Waals surface area contributed by atoms with Gasteiger partial charge in [-0.15, -0.1) is 0 Å². The molecule has 1 unspecified atom stereocenters. The summed E-state index contributed by atoms with van der Waals surface area (Å²) in [6, 6.07) is 41.6. The van der Waals surface area contributed by atoms with E-state index in [-0.39, 0.29) is 23.8 Å². The molecule has 10 nitrogen and oxygen atoms in total. The Kier molecular flexibility index (Phi) is 16.6. The highest BCUT2D eigenvalue weighted by Crippen LogP contribution is 2.46. The maximum absolute atomic E-state index is 13.4. The predicted octanol–water partition coefficient (Wildman–Crippen LogP) is 9.56. The zero-order chi connectivity index (χ0) is 47.5. The number of carbonyl (C=O) groups is 2. The molecule has 0 radical (unpaired) electrons. The van der Waals surface area contributed by atoms with Gasteiger partial charge in [-0.25, -0.2) is 9.18 Å². The average Bonchev–Trinajstić information content (AvgIpc) is 3.75. The molecule has 67 heavy (non-hydrogen) atoms. The maximum Gasteiger partial charge on any atom is 0.338 e. The standard InChI is InChI=1S/C20H21FN2O.C19H24N2.C17H21NO4/c1-23(2)11-3-10-20(17-5-7-18(21)8-6-17)19-9-4-15(13-22)12-16(19)14-24-20;1-20(2)14-7-15-21-18-10-5-3-8-16(18)12-13-17-9-4-6-11-19(17)21;1-18-12-8-9-13(18)15(17(20)21-2)14(10-12)22-16(19)11-6-4-3-5-7-11/h4-9,12H,3,10-11,14H2,1-2H3;3-6,8-11H,7,12-15H2,1-2H3;3-7,12-15H,8-10H2,1-2H3/t;;12-,13+,14-,15+/m..0/s1. The van der Waals surface area contributed by atoms with Gasteiger partial charge < -0.3 is 28.9 Å². The van der Waals surface area contributed by atoms with Crippen molar-refractivity contribution < 1.29 is 28.2 Å². The number of para-hydroxylation sites is 2. The fraction of sp³-hybridized carbons (Fsp3) is 0.411. The van der Waals surface area contributed by atoms with Crippen LogP contribution in [0.4, 0.5) is 15.8 Å². The van der Waals surface area contributed by atoms with E-state index in [2.05, 4.69) is 88.3 Å². The first-order chi connectivity index (χ1) is 32.4. The van der Waals surface area contributed by atoms with Crippen molar-refractivity contribution in [2.24, 2.45) is 5.92 Å². The Bertz CT molecular complexity index is 2430. The lowest BCUT2D eigenvalue weighted by molar-refractivity contribution is -0.156. The molecule has 5 atom stereocenters. The monoisotopic (exact) mass is 908 g/mol. The number of hydrogen-bond acceptors (Lipinski definition) is 10. The lowest BCUT2D eigenvalue weighted by Crippen LogP contribution is -2.53. The van der Waals surface area contributed by atoms with Crippen molar-refractivity contribution in [2.45, 2.75) is 81.8 Å². The molecule has 352 valence electrons. The van der Waals surface area contributed by atoms with E-state index in [4.69, 9.17) is 19.5 Å². The van der Waals surface area contributed by atoms with E-state index in [0.29, 0.717) is 30.2 Å². The summed E-state index contributed by atoms with van der Waals surface area (Å²) in [6.45, 7) is 3.63. The Labute approximate surface area is 396 Å². The highest BCUT2D eigenvalue weighted by molar-refractivity contribution is 5.89. The maximum atomic E-state index is 13.4. The number of fused-ring (bicyclic) bond motifs is 5. The van der Waals surface area contributed by atoms with Gasteiger partial charge >= 0.3 is 11.9 Å². The van der Waals surface area contributed by atoms with Gasteiger partial charge in [-0.05, 0) is 170 Å². The summed E-state index contributed by atoms with van der Waals surface area (Å²) in [6.07, 6.45) is 7.48. The molecule has 2 bridgehead atoms. The van der Waals surface area contributed by atoms with Gasteiger partial charge in [0.05, 0.1) is 30.9 Å². The fourth-order valence-corrected chi connectivity index (χ4v) is 10.3. The zero-order valence-corrected chi connectivity index (χ0v) is 40.0. The number of piperidine rings is 1. The number of hydrogen-bond donors (Lipinski definition) is 0. The van der Waals surface area contributed by atoms with Crippen molar-refractivity contribution in [3.05, 3.63) is 166 Å². The van der Waals surface area contributed by atoms with E-state index in [1.165, 1.54) is 48.2 Å². The van der Waals surface area contributed by atoms with Crippen molar-refractivity contribution in [3.63, 3.8) is 0 Å². The van der Waals surface area contributed by atoms with Crippen molar-refractivity contribution >= 4 is 23.3 Å². The molecule has 4 aliphatic heterocycles. The third-order valence-electron chi connectivity index (χ3n) is 13.8. The summed E-state index contributed by atoms with van der Waals surface area (Å²) in [5.74, 6) is -1.31. The Balaban J connectivity index is 0.000000149. The zero-order valence-electron chi connectivity index (χ0n) is 40.0. The van der Waals surface area contributed by atoms with Crippen molar-refractivity contribution in [1.29, 1.82) is 5.26 Å². The minimum absolute atomic E-state index is 0.0970. The molecule has 2 fully saturated rings. The van der Waals surface area contributed by atoms with Crippen LogP contribution in [0.5, 0.6) is 0 Å². The van der Waals surface area contributed by atoms with E-state index in [0.717, 1.165) is 74.8 Å². The van der Waals surface area contributed by atoms with Gasteiger partial charge in [-0.3, -0.25) is 9.69 Å². The summed E-state index contributed by atoms with van der Waals surface area (Å²) in [4.78, 5) is 33.6. The second-order valence-electron chi connectivity index (χ2n) is 18.6. The molecule has 0 aliphatic carbocycles. The van der Waals surface area contributed by atoms with Gasteiger partial charge in [0.1, 0.15) is 23.4 Å². The SMILES string of the molecule is CN(C)CCCC1(c2ccc(F)cc2)OCc2cc(C#N)ccc21.CN(C)CCCN1c2ccccc2CCc2ccccc21.COC(=O)[C@H]1[C@@H](OC(=O)c2ccccc2)C[C@@H]2CC[C@H]1N2C. The smallest absolute Gasteiger partial charge is 0.338 e. The summed E-state index contributed by atoms with van der Waals surface area (Å²) < 4.78 is 30.3. The second kappa shape index (κ2) is 22.7. The Morgan fingerprint density at radius 2 is 1.43 bits per heavy atom. The molecule has 11 heteroatoms. The summed E-state index contributed by atoms with van der Waals surface area (Å²) in [5.41, 5.74) is 9.41. The lowest BCUT2D eigenvalue weighted by atomic mass is 9.81. The number of anilines is 2. The summed E-state index contributed by atoms with van der Waals surface area (Å²) in [5, 5.41) is 9.11. The minimum atomic E-state index is -0.562. The minimum Gasteiger partial charge on any atom is -0.469 e. The Hall–Kier alpha value is -5.90. The number of esters is 2. The highest BCUT2D eigenvalue weighted by Gasteiger charge is 2.51. The quantitative estimate of drug-likeness (QED) is 0.113. The third-order valence-corrected chi connectivity index (χ3v) is 13.8. The first-order valence-electron chi connectivity index (χ1n) is 23.6. The van der Waals surface area contributed by atoms with Crippen LogP contribution in [0, 0.1) is 23.1 Å². The molecule has 0 N–H and O–H groups in total. The molecular formula is C56H66FN5O5. The normalized spacial score (nSPS) is 21.3. The molecule has 4 heterocycles. The van der Waals surface area contributed by atoms with Crippen LogP contribution < -0.4 is 4.90 Å². The predicted molar refractivity (Wildman–Crippen MR) is 262 cm³/mol. The van der Waals surface area contributed by atoms with Gasteiger partial charge in [-0.2, -0.15) is 5.26 Å². The highest BCUT2D eigenvalue weighted by atomic mass is 19.1. The second-order valence-corrected chi connectivity index (χ2v) is 18.6. The van der Waals surface area contributed by atoms with E-state index >= 15 is 0 Å². The fourth-order valence-electron chi connectivity index (χ4n) is 10.3.